The van der Waals surface area contributed by atoms with Crippen molar-refractivity contribution in [2.45, 2.75) is 0 Å². The lowest BCUT2D eigenvalue weighted by atomic mass is 10.2. The highest BCUT2D eigenvalue weighted by molar-refractivity contribution is 5.89. The second-order valence-electron chi connectivity index (χ2n) is 2.53. The van der Waals surface area contributed by atoms with E-state index in [9.17, 15) is 0 Å². The topological polar surface area (TPSA) is 50.9 Å². The first-order chi connectivity index (χ1) is 5.92. The molecular formula is C9H11Cl2N3. The number of para-hydroxylation sites is 1. The Bertz CT molecular complexity index is 401. The lowest BCUT2D eigenvalue weighted by Gasteiger charge is -2.02. The molecule has 0 aliphatic carbocycles. The van der Waals surface area contributed by atoms with Crippen molar-refractivity contribution in [2.75, 3.05) is 5.43 Å². The minimum Gasteiger partial charge on any atom is -0.322 e. The summed E-state index contributed by atoms with van der Waals surface area (Å²) in [6, 6.07) is 9.75. The van der Waals surface area contributed by atoms with Gasteiger partial charge in [-0.1, -0.05) is 18.2 Å². The van der Waals surface area contributed by atoms with Crippen LogP contribution in [0.3, 0.4) is 0 Å². The van der Waals surface area contributed by atoms with Crippen LogP contribution >= 0.6 is 24.8 Å². The molecule has 0 spiro atoms. The summed E-state index contributed by atoms with van der Waals surface area (Å²) in [5.41, 5.74) is 4.37. The molecule has 0 aliphatic heterocycles. The Labute approximate surface area is 94.5 Å². The molecule has 0 saturated heterocycles. The highest BCUT2D eigenvalue weighted by atomic mass is 35.5. The van der Waals surface area contributed by atoms with Crippen molar-refractivity contribution < 1.29 is 0 Å². The number of aromatic nitrogens is 1. The zero-order valence-corrected chi connectivity index (χ0v) is 8.94. The molecule has 1 aromatic heterocycles. The number of nitrogens with zero attached hydrogens (tertiary/aromatic N) is 1. The molecule has 14 heavy (non-hydrogen) atoms. The Morgan fingerprint density at radius 1 is 1.07 bits per heavy atom. The van der Waals surface area contributed by atoms with Crippen LogP contribution in [-0.4, -0.2) is 4.98 Å². The molecule has 0 radical (unpaired) electrons. The number of halogens is 2. The molecule has 2 rings (SSSR count). The fourth-order valence-electron chi connectivity index (χ4n) is 1.22. The van der Waals surface area contributed by atoms with E-state index in [0.717, 1.165) is 16.6 Å². The van der Waals surface area contributed by atoms with Gasteiger partial charge in [-0.3, -0.25) is 10.8 Å². The molecule has 0 atom stereocenters. The summed E-state index contributed by atoms with van der Waals surface area (Å²) in [7, 11) is 0. The highest BCUT2D eigenvalue weighted by Crippen LogP contribution is 2.18. The summed E-state index contributed by atoms with van der Waals surface area (Å²) in [5, 5.41) is 1.09. The van der Waals surface area contributed by atoms with Crippen molar-refractivity contribution in [1.29, 1.82) is 0 Å². The molecular weight excluding hydrogens is 221 g/mol. The number of nitrogens with two attached hydrogens (primary N) is 1. The minimum absolute atomic E-state index is 0. The first kappa shape index (κ1) is 13.0. The normalized spacial score (nSPS) is 8.64. The van der Waals surface area contributed by atoms with Gasteiger partial charge in [0.2, 0.25) is 0 Å². The van der Waals surface area contributed by atoms with Crippen molar-refractivity contribution in [1.82, 2.24) is 4.98 Å². The number of pyridine rings is 1. The molecule has 1 aromatic carbocycles. The van der Waals surface area contributed by atoms with Crippen LogP contribution in [0.15, 0.2) is 36.5 Å². The van der Waals surface area contributed by atoms with Gasteiger partial charge in [-0.05, 0) is 12.1 Å². The van der Waals surface area contributed by atoms with Crippen molar-refractivity contribution >= 4 is 41.4 Å². The number of hydrogen-bond acceptors (Lipinski definition) is 3. The molecule has 5 heteroatoms. The molecule has 3 N–H and O–H groups in total. The summed E-state index contributed by atoms with van der Waals surface area (Å²) >= 11 is 0. The molecule has 3 nitrogen and oxygen atoms in total. The van der Waals surface area contributed by atoms with Gasteiger partial charge in [-0.25, -0.2) is 0 Å². The van der Waals surface area contributed by atoms with Gasteiger partial charge in [0, 0.05) is 11.6 Å². The standard InChI is InChI=1S/C9H9N3.2ClH/c10-12-8-5-1-3-7-4-2-6-11-9(7)8;;/h1-6,12H,10H2;2*1H. The van der Waals surface area contributed by atoms with E-state index in [-0.39, 0.29) is 24.8 Å². The molecule has 0 saturated carbocycles. The van der Waals surface area contributed by atoms with E-state index in [4.69, 9.17) is 5.84 Å². The average molecular weight is 232 g/mol. The Morgan fingerprint density at radius 3 is 2.50 bits per heavy atom. The SMILES string of the molecule is Cl.Cl.NNc1cccc2cccnc12. The minimum atomic E-state index is 0. The van der Waals surface area contributed by atoms with Crippen molar-refractivity contribution in [3.05, 3.63) is 36.5 Å². The fraction of sp³-hybridized carbons (Fsp3) is 0. The van der Waals surface area contributed by atoms with Crippen LogP contribution in [-0.2, 0) is 0 Å². The summed E-state index contributed by atoms with van der Waals surface area (Å²) < 4.78 is 0. The zero-order valence-electron chi connectivity index (χ0n) is 7.31. The van der Waals surface area contributed by atoms with Crippen molar-refractivity contribution in [3.8, 4) is 0 Å². The van der Waals surface area contributed by atoms with Gasteiger partial charge in [0.1, 0.15) is 0 Å². The summed E-state index contributed by atoms with van der Waals surface area (Å²) in [6.07, 6.45) is 1.75. The van der Waals surface area contributed by atoms with Crippen LogP contribution in [0.2, 0.25) is 0 Å². The van der Waals surface area contributed by atoms with Crippen LogP contribution in [0.5, 0.6) is 0 Å². The number of hydrogen-bond donors (Lipinski definition) is 2. The first-order valence-electron chi connectivity index (χ1n) is 3.72. The van der Waals surface area contributed by atoms with Gasteiger partial charge in [0.25, 0.3) is 0 Å². The van der Waals surface area contributed by atoms with Crippen molar-refractivity contribution in [2.24, 2.45) is 5.84 Å². The third-order valence-electron chi connectivity index (χ3n) is 1.79. The highest BCUT2D eigenvalue weighted by Gasteiger charge is 1.97. The van der Waals surface area contributed by atoms with Crippen LogP contribution in [0.25, 0.3) is 10.9 Å². The van der Waals surface area contributed by atoms with E-state index in [1.165, 1.54) is 0 Å². The summed E-state index contributed by atoms with van der Waals surface area (Å²) in [6.45, 7) is 0. The molecule has 0 fully saturated rings. The number of fused-ring (bicyclic) bond motifs is 1. The van der Waals surface area contributed by atoms with Crippen LogP contribution in [0.1, 0.15) is 0 Å². The van der Waals surface area contributed by atoms with Gasteiger partial charge in [0.05, 0.1) is 11.2 Å². The number of nitrogen functional groups attached to an aromatic ring is 1. The largest absolute Gasteiger partial charge is 0.322 e. The Kier molecular flexibility index (Phi) is 5.23. The predicted octanol–water partition coefficient (Wildman–Crippen LogP) is 2.36. The molecule has 1 heterocycles. The van der Waals surface area contributed by atoms with Gasteiger partial charge in [-0.15, -0.1) is 24.8 Å². The van der Waals surface area contributed by atoms with E-state index < -0.39 is 0 Å². The van der Waals surface area contributed by atoms with E-state index in [2.05, 4.69) is 10.4 Å². The van der Waals surface area contributed by atoms with Gasteiger partial charge in [0.15, 0.2) is 0 Å². The van der Waals surface area contributed by atoms with E-state index in [1.54, 1.807) is 6.20 Å². The van der Waals surface area contributed by atoms with Crippen LogP contribution in [0.4, 0.5) is 5.69 Å². The third-order valence-corrected chi connectivity index (χ3v) is 1.79. The number of nitrogens with one attached hydrogen (secondary N) is 1. The third kappa shape index (κ3) is 2.26. The van der Waals surface area contributed by atoms with Crippen LogP contribution < -0.4 is 11.3 Å². The van der Waals surface area contributed by atoms with Crippen LogP contribution in [0, 0.1) is 0 Å². The molecule has 0 unspecified atom stereocenters. The molecule has 2 aromatic rings. The number of benzene rings is 1. The second kappa shape index (κ2) is 5.65. The smallest absolute Gasteiger partial charge is 0.0946 e. The lowest BCUT2D eigenvalue weighted by molar-refractivity contribution is 1.33. The number of hydrazine groups is 1. The summed E-state index contributed by atoms with van der Waals surface area (Å²) in [4.78, 5) is 4.21. The maximum absolute atomic E-state index is 5.33. The lowest BCUT2D eigenvalue weighted by Crippen LogP contribution is -2.07. The van der Waals surface area contributed by atoms with Gasteiger partial charge >= 0.3 is 0 Å². The van der Waals surface area contributed by atoms with Crippen molar-refractivity contribution in [3.63, 3.8) is 0 Å². The average Bonchev–Trinajstić information content (AvgIpc) is 2.17. The Hall–Kier alpha value is -1.03. The molecule has 0 aliphatic rings. The van der Waals surface area contributed by atoms with Gasteiger partial charge in [-0.2, -0.15) is 0 Å². The Balaban J connectivity index is 0.000000845. The maximum Gasteiger partial charge on any atom is 0.0946 e. The molecule has 76 valence electrons. The number of anilines is 1. The zero-order chi connectivity index (χ0) is 8.39. The van der Waals surface area contributed by atoms with Gasteiger partial charge < -0.3 is 5.43 Å². The maximum atomic E-state index is 5.33. The second-order valence-corrected chi connectivity index (χ2v) is 2.53. The quantitative estimate of drug-likeness (QED) is 0.586. The molecule has 0 amide bonds. The van der Waals surface area contributed by atoms with E-state index >= 15 is 0 Å². The number of rotatable bonds is 1. The fourth-order valence-corrected chi connectivity index (χ4v) is 1.22. The predicted molar refractivity (Wildman–Crippen MR) is 64.0 cm³/mol. The first-order valence-corrected chi connectivity index (χ1v) is 3.72. The van der Waals surface area contributed by atoms with E-state index in [0.29, 0.717) is 0 Å². The Morgan fingerprint density at radius 2 is 1.79 bits per heavy atom. The summed E-state index contributed by atoms with van der Waals surface area (Å²) in [5.74, 6) is 5.33. The van der Waals surface area contributed by atoms with E-state index in [1.807, 2.05) is 30.3 Å². The monoisotopic (exact) mass is 231 g/mol. The molecule has 0 bridgehead atoms.